The lowest BCUT2D eigenvalue weighted by Crippen LogP contribution is -2.55. The highest BCUT2D eigenvalue weighted by molar-refractivity contribution is 7.88. The van der Waals surface area contributed by atoms with Crippen molar-refractivity contribution < 1.29 is 32.8 Å². The van der Waals surface area contributed by atoms with E-state index in [2.05, 4.69) is 13.8 Å². The van der Waals surface area contributed by atoms with Crippen LogP contribution >= 0.6 is 0 Å². The van der Waals surface area contributed by atoms with Crippen molar-refractivity contribution in [1.82, 2.24) is 0 Å². The average Bonchev–Trinajstić information content (AvgIpc) is 3.10. The van der Waals surface area contributed by atoms with Crippen LogP contribution in [0.5, 0.6) is 0 Å². The smallest absolute Gasteiger partial charge is 0.328 e. The molecule has 0 heterocycles. The van der Waals surface area contributed by atoms with E-state index in [1.165, 1.54) is 167 Å². The minimum atomic E-state index is -5.15. The Bertz CT molecular complexity index is 922. The van der Waals surface area contributed by atoms with Crippen LogP contribution in [-0.4, -0.2) is 39.9 Å². The second kappa shape index (κ2) is 35.5. The monoisotopic (exact) mass is 759 g/mol. The number of unbranched alkanes of at least 4 members (excludes halogenated alkanes) is 34. The summed E-state index contributed by atoms with van der Waals surface area (Å²) >= 11 is 0. The second-order valence-corrected chi connectivity index (χ2v) is 17.8. The van der Waals surface area contributed by atoms with Gasteiger partial charge >= 0.3 is 11.9 Å². The molecule has 0 radical (unpaired) electrons. The molecule has 0 aromatic heterocycles. The quantitative estimate of drug-likeness (QED) is 0.0417. The van der Waals surface area contributed by atoms with Gasteiger partial charge in [0.05, 0.1) is 5.92 Å². The van der Waals surface area contributed by atoms with Crippen LogP contribution in [0.4, 0.5) is 0 Å². The number of hydrogen-bond acceptors (Lipinski definition) is 4. The normalized spacial score (nSPS) is 13.7. The summed E-state index contributed by atoms with van der Waals surface area (Å²) < 4.78 is 32.5. The molecule has 0 aliphatic rings. The average molecular weight is 759 g/mol. The molecule has 0 fully saturated rings. The fourth-order valence-corrected chi connectivity index (χ4v) is 9.15. The number of carbonyl (C=O) groups is 2. The zero-order valence-corrected chi connectivity index (χ0v) is 35.1. The second-order valence-electron chi connectivity index (χ2n) is 16.1. The Morgan fingerprint density at radius 2 is 0.654 bits per heavy atom. The van der Waals surface area contributed by atoms with E-state index in [0.717, 1.165) is 44.9 Å². The highest BCUT2D eigenvalue weighted by atomic mass is 32.2. The van der Waals surface area contributed by atoms with Crippen LogP contribution in [0.15, 0.2) is 0 Å². The SMILES string of the molecule is CCCCCCCCCCCCCCCCCCCCC(C(=O)O)C(CCCCCCCCCCCCCCCCCCCC)(C(=O)O)S(=O)(=O)O. The number of rotatable bonds is 42. The highest BCUT2D eigenvalue weighted by Gasteiger charge is 2.58. The maximum absolute atomic E-state index is 12.6. The van der Waals surface area contributed by atoms with Crippen LogP contribution in [-0.2, 0) is 19.7 Å². The predicted octanol–water partition coefficient (Wildman–Crippen LogP) is 14.3. The first-order valence-electron chi connectivity index (χ1n) is 22.6. The molecule has 2 atom stereocenters. The number of carboxylic acids is 2. The van der Waals surface area contributed by atoms with Crippen molar-refractivity contribution in [3.8, 4) is 0 Å². The van der Waals surface area contributed by atoms with E-state index in [1.807, 2.05) is 0 Å². The molecular formula is C44H86O7S. The first-order chi connectivity index (χ1) is 25.1. The van der Waals surface area contributed by atoms with E-state index in [-0.39, 0.29) is 19.3 Å². The molecule has 8 heteroatoms. The molecule has 0 bridgehead atoms. The third-order valence-corrected chi connectivity index (χ3v) is 13.0. The third kappa shape index (κ3) is 26.6. The van der Waals surface area contributed by atoms with E-state index >= 15 is 0 Å². The molecule has 0 aliphatic carbocycles. The number of aliphatic carboxylic acids is 2. The number of carboxylic acid groups (broad SMARTS) is 2. The van der Waals surface area contributed by atoms with Gasteiger partial charge in [-0.2, -0.15) is 8.42 Å². The summed E-state index contributed by atoms with van der Waals surface area (Å²) in [4.78, 5) is 24.7. The van der Waals surface area contributed by atoms with Gasteiger partial charge in [-0.25, -0.2) is 0 Å². The topological polar surface area (TPSA) is 129 Å². The molecule has 0 saturated carbocycles. The summed E-state index contributed by atoms with van der Waals surface area (Å²) in [6.07, 6.45) is 42.1. The van der Waals surface area contributed by atoms with E-state index < -0.39 is 32.7 Å². The molecule has 3 N–H and O–H groups in total. The Kier molecular flexibility index (Phi) is 34.8. The van der Waals surface area contributed by atoms with Gasteiger partial charge in [-0.05, 0) is 12.8 Å². The molecule has 2 unspecified atom stereocenters. The van der Waals surface area contributed by atoms with Crippen molar-refractivity contribution in [3.63, 3.8) is 0 Å². The Hall–Kier alpha value is -1.15. The molecule has 0 saturated heterocycles. The van der Waals surface area contributed by atoms with E-state index in [0.29, 0.717) is 12.8 Å². The largest absolute Gasteiger partial charge is 0.481 e. The Labute approximate surface area is 322 Å². The van der Waals surface area contributed by atoms with Crippen molar-refractivity contribution in [3.05, 3.63) is 0 Å². The fraction of sp³-hybridized carbons (Fsp3) is 0.955. The van der Waals surface area contributed by atoms with E-state index in [9.17, 15) is 32.8 Å². The van der Waals surface area contributed by atoms with Crippen molar-refractivity contribution in [2.45, 2.75) is 263 Å². The molecule has 7 nitrogen and oxygen atoms in total. The highest BCUT2D eigenvalue weighted by Crippen LogP contribution is 2.37. The van der Waals surface area contributed by atoms with Gasteiger partial charge in [-0.15, -0.1) is 0 Å². The first-order valence-corrected chi connectivity index (χ1v) is 24.0. The van der Waals surface area contributed by atoms with Gasteiger partial charge < -0.3 is 10.2 Å². The van der Waals surface area contributed by atoms with Gasteiger partial charge in [0, 0.05) is 0 Å². The standard InChI is InChI=1S/C44H86O7S/c1-3-5-7-9-11-13-15-17-19-21-23-25-27-29-31-33-35-37-39-41(42(45)46)44(43(47)48,52(49,50)51)40-38-36-34-32-30-28-26-24-22-20-18-16-14-12-10-8-6-4-2/h41H,3-40H2,1-2H3,(H,45,46)(H,47,48)(H,49,50,51). The molecule has 0 aromatic carbocycles. The van der Waals surface area contributed by atoms with Crippen molar-refractivity contribution >= 4 is 22.1 Å². The minimum absolute atomic E-state index is 0.0702. The van der Waals surface area contributed by atoms with Crippen LogP contribution in [0.1, 0.15) is 258 Å². The van der Waals surface area contributed by atoms with Gasteiger partial charge in [0.15, 0.2) is 0 Å². The zero-order chi connectivity index (χ0) is 38.6. The fourth-order valence-electron chi connectivity index (χ4n) is 7.94. The molecular weight excluding hydrogens is 673 g/mol. The van der Waals surface area contributed by atoms with Crippen LogP contribution in [0.2, 0.25) is 0 Å². The van der Waals surface area contributed by atoms with Gasteiger partial charge in [0.1, 0.15) is 0 Å². The summed E-state index contributed by atoms with van der Waals surface area (Å²) in [5.41, 5.74) is 0. The Balaban J connectivity index is 4.20. The zero-order valence-electron chi connectivity index (χ0n) is 34.3. The van der Waals surface area contributed by atoms with Crippen molar-refractivity contribution in [2.75, 3.05) is 0 Å². The summed E-state index contributed by atoms with van der Waals surface area (Å²) in [6.45, 7) is 4.51. The number of hydrogen-bond donors (Lipinski definition) is 3. The van der Waals surface area contributed by atoms with Gasteiger partial charge in [-0.3, -0.25) is 14.1 Å². The van der Waals surface area contributed by atoms with Crippen molar-refractivity contribution in [1.29, 1.82) is 0 Å². The lowest BCUT2D eigenvalue weighted by Gasteiger charge is -2.32. The lowest BCUT2D eigenvalue weighted by atomic mass is 9.82. The summed E-state index contributed by atoms with van der Waals surface area (Å²) in [5, 5.41) is 20.0. The maximum atomic E-state index is 12.6. The summed E-state index contributed by atoms with van der Waals surface area (Å²) in [6, 6.07) is 0. The third-order valence-electron chi connectivity index (χ3n) is 11.4. The predicted molar refractivity (Wildman–Crippen MR) is 220 cm³/mol. The van der Waals surface area contributed by atoms with Gasteiger partial charge in [-0.1, -0.05) is 245 Å². The molecule has 0 rings (SSSR count). The molecule has 52 heavy (non-hydrogen) atoms. The lowest BCUT2D eigenvalue weighted by molar-refractivity contribution is -0.152. The van der Waals surface area contributed by atoms with Crippen LogP contribution in [0, 0.1) is 5.92 Å². The summed E-state index contributed by atoms with van der Waals surface area (Å²) in [7, 11) is -5.15. The van der Waals surface area contributed by atoms with Gasteiger partial charge in [0.25, 0.3) is 10.1 Å². The molecule has 0 aromatic rings. The molecule has 310 valence electrons. The Morgan fingerprint density at radius 1 is 0.423 bits per heavy atom. The molecule has 0 aliphatic heterocycles. The van der Waals surface area contributed by atoms with E-state index in [4.69, 9.17) is 0 Å². The van der Waals surface area contributed by atoms with Crippen LogP contribution < -0.4 is 0 Å². The Morgan fingerprint density at radius 3 is 0.865 bits per heavy atom. The maximum Gasteiger partial charge on any atom is 0.328 e. The van der Waals surface area contributed by atoms with Gasteiger partial charge in [0.2, 0.25) is 4.75 Å². The van der Waals surface area contributed by atoms with Crippen molar-refractivity contribution in [2.24, 2.45) is 5.92 Å². The van der Waals surface area contributed by atoms with Crippen LogP contribution in [0.25, 0.3) is 0 Å². The molecule has 0 amide bonds. The first kappa shape index (κ1) is 50.9. The van der Waals surface area contributed by atoms with E-state index in [1.54, 1.807) is 0 Å². The minimum Gasteiger partial charge on any atom is -0.481 e. The van der Waals surface area contributed by atoms with Crippen LogP contribution in [0.3, 0.4) is 0 Å². The summed E-state index contributed by atoms with van der Waals surface area (Å²) in [5.74, 6) is -4.89. The molecule has 0 spiro atoms.